The van der Waals surface area contributed by atoms with Crippen LogP contribution in [0.2, 0.25) is 0 Å². The first kappa shape index (κ1) is 16.7. The minimum absolute atomic E-state index is 0.125. The number of anilines is 2. The van der Waals surface area contributed by atoms with Gasteiger partial charge in [0.05, 0.1) is 5.25 Å². The van der Waals surface area contributed by atoms with Crippen LogP contribution < -0.4 is 5.32 Å². The molecule has 5 nitrogen and oxygen atoms in total. The molecule has 2 heterocycles. The summed E-state index contributed by atoms with van der Waals surface area (Å²) >= 11 is 6.39. The number of carbonyl (C=O) groups is 1. The van der Waals surface area contributed by atoms with Crippen molar-refractivity contribution in [2.75, 3.05) is 18.4 Å². The van der Waals surface area contributed by atoms with Gasteiger partial charge in [0.15, 0.2) is 4.34 Å². The highest BCUT2D eigenvalue weighted by atomic mass is 79.9. The van der Waals surface area contributed by atoms with Gasteiger partial charge in [0.25, 0.3) is 0 Å². The number of likely N-dealkylation sites (tertiary alicyclic amines) is 1. The van der Waals surface area contributed by atoms with Crippen LogP contribution in [0.1, 0.15) is 19.8 Å². The second kappa shape index (κ2) is 7.63. The molecule has 1 unspecified atom stereocenters. The van der Waals surface area contributed by atoms with Gasteiger partial charge in [-0.05, 0) is 38.0 Å². The van der Waals surface area contributed by atoms with E-state index in [2.05, 4.69) is 31.4 Å². The van der Waals surface area contributed by atoms with Crippen molar-refractivity contribution in [3.63, 3.8) is 0 Å². The van der Waals surface area contributed by atoms with Gasteiger partial charge in [0.2, 0.25) is 11.0 Å². The lowest BCUT2D eigenvalue weighted by Crippen LogP contribution is -2.33. The number of aromatic nitrogens is 2. The van der Waals surface area contributed by atoms with Gasteiger partial charge >= 0.3 is 0 Å². The van der Waals surface area contributed by atoms with Crippen LogP contribution in [-0.2, 0) is 4.79 Å². The number of hydrogen-bond donors (Lipinski definition) is 1. The average Bonchev–Trinajstić information content (AvgIpc) is 3.18. The predicted octanol–water partition coefficient (Wildman–Crippen LogP) is 4.15. The number of nitrogens with zero attached hydrogens (tertiary/aromatic N) is 3. The SMILES string of the molecule is CC(Sc1nnc(Nc2cccc(Br)c2)s1)C(=O)N1CCCC1. The monoisotopic (exact) mass is 412 g/mol. The van der Waals surface area contributed by atoms with Crippen molar-refractivity contribution < 1.29 is 4.79 Å². The molecule has 0 bridgehead atoms. The Bertz CT molecular complexity index is 688. The van der Waals surface area contributed by atoms with Crippen LogP contribution in [0, 0.1) is 0 Å². The Kier molecular flexibility index (Phi) is 5.55. The summed E-state index contributed by atoms with van der Waals surface area (Å²) in [4.78, 5) is 14.3. The van der Waals surface area contributed by atoms with Crippen molar-refractivity contribution in [2.24, 2.45) is 0 Å². The van der Waals surface area contributed by atoms with E-state index in [0.29, 0.717) is 0 Å². The van der Waals surface area contributed by atoms with Gasteiger partial charge in [-0.15, -0.1) is 10.2 Å². The number of hydrogen-bond acceptors (Lipinski definition) is 6. The zero-order valence-electron chi connectivity index (χ0n) is 12.7. The van der Waals surface area contributed by atoms with Crippen LogP contribution in [0.4, 0.5) is 10.8 Å². The minimum Gasteiger partial charge on any atom is -0.342 e. The summed E-state index contributed by atoms with van der Waals surface area (Å²) in [6.07, 6.45) is 2.23. The summed E-state index contributed by atoms with van der Waals surface area (Å²) in [6.45, 7) is 3.71. The first-order valence-electron chi connectivity index (χ1n) is 7.43. The van der Waals surface area contributed by atoms with Crippen LogP contribution in [0.15, 0.2) is 33.1 Å². The van der Waals surface area contributed by atoms with Gasteiger partial charge in [-0.3, -0.25) is 4.79 Å². The zero-order valence-corrected chi connectivity index (χ0v) is 15.9. The number of amides is 1. The van der Waals surface area contributed by atoms with Crippen LogP contribution in [0.3, 0.4) is 0 Å². The molecule has 1 amide bonds. The maximum Gasteiger partial charge on any atom is 0.235 e. The Labute approximate surface area is 152 Å². The van der Waals surface area contributed by atoms with E-state index in [1.807, 2.05) is 36.1 Å². The van der Waals surface area contributed by atoms with Crippen LogP contribution >= 0.6 is 39.0 Å². The highest BCUT2D eigenvalue weighted by Gasteiger charge is 2.25. The Morgan fingerprint density at radius 1 is 1.39 bits per heavy atom. The second-order valence-corrected chi connectivity index (χ2v) is 8.78. The molecule has 0 radical (unpaired) electrons. The molecule has 8 heteroatoms. The highest BCUT2D eigenvalue weighted by molar-refractivity contribution is 9.10. The van der Waals surface area contributed by atoms with E-state index in [0.717, 1.165) is 45.6 Å². The molecule has 122 valence electrons. The maximum atomic E-state index is 12.3. The molecular weight excluding hydrogens is 396 g/mol. The molecular formula is C15H17BrN4OS2. The quantitative estimate of drug-likeness (QED) is 0.747. The molecule has 1 aromatic heterocycles. The number of benzene rings is 1. The molecule has 2 aromatic rings. The standard InChI is InChI=1S/C15H17BrN4OS2/c1-10(13(21)20-7-2-3-8-20)22-15-19-18-14(23-15)17-12-6-4-5-11(16)9-12/h4-6,9-10H,2-3,7-8H2,1H3,(H,17,18). The van der Waals surface area contributed by atoms with Crippen LogP contribution in [0.25, 0.3) is 0 Å². The van der Waals surface area contributed by atoms with Crippen molar-refractivity contribution in [3.05, 3.63) is 28.7 Å². The number of nitrogens with one attached hydrogen (secondary N) is 1. The summed E-state index contributed by atoms with van der Waals surface area (Å²) in [7, 11) is 0. The molecule has 1 aromatic carbocycles. The number of thioether (sulfide) groups is 1. The van der Waals surface area contributed by atoms with Crippen molar-refractivity contribution >= 4 is 55.8 Å². The Balaban J connectivity index is 1.59. The molecule has 1 saturated heterocycles. The summed E-state index contributed by atoms with van der Waals surface area (Å²) in [5.74, 6) is 0.198. The lowest BCUT2D eigenvalue weighted by Gasteiger charge is -2.18. The summed E-state index contributed by atoms with van der Waals surface area (Å²) in [5, 5.41) is 12.1. The zero-order chi connectivity index (χ0) is 16.2. The molecule has 1 fully saturated rings. The van der Waals surface area contributed by atoms with E-state index < -0.39 is 0 Å². The molecule has 1 atom stereocenters. The lowest BCUT2D eigenvalue weighted by atomic mass is 10.3. The molecule has 0 aliphatic carbocycles. The summed E-state index contributed by atoms with van der Waals surface area (Å²) in [5.41, 5.74) is 0.952. The predicted molar refractivity (Wildman–Crippen MR) is 98.5 cm³/mol. The van der Waals surface area contributed by atoms with E-state index in [4.69, 9.17) is 0 Å². The van der Waals surface area contributed by atoms with Gasteiger partial charge in [0, 0.05) is 23.2 Å². The average molecular weight is 413 g/mol. The largest absolute Gasteiger partial charge is 0.342 e. The molecule has 23 heavy (non-hydrogen) atoms. The Morgan fingerprint density at radius 2 is 2.17 bits per heavy atom. The van der Waals surface area contributed by atoms with Crippen molar-refractivity contribution in [2.45, 2.75) is 29.4 Å². The third kappa shape index (κ3) is 4.45. The van der Waals surface area contributed by atoms with Crippen LogP contribution in [-0.4, -0.2) is 39.3 Å². The highest BCUT2D eigenvalue weighted by Crippen LogP contribution is 2.31. The molecule has 0 saturated carbocycles. The van der Waals surface area contributed by atoms with E-state index >= 15 is 0 Å². The molecule has 1 aliphatic rings. The van der Waals surface area contributed by atoms with E-state index in [-0.39, 0.29) is 11.2 Å². The first-order valence-corrected chi connectivity index (χ1v) is 9.92. The third-order valence-corrected chi connectivity index (χ3v) is 6.03. The molecule has 0 spiro atoms. The molecule has 1 N–H and O–H groups in total. The number of carbonyl (C=O) groups excluding carboxylic acids is 1. The fourth-order valence-corrected chi connectivity index (χ4v) is 4.79. The number of rotatable bonds is 5. The van der Waals surface area contributed by atoms with Crippen molar-refractivity contribution in [3.8, 4) is 0 Å². The smallest absolute Gasteiger partial charge is 0.235 e. The van der Waals surface area contributed by atoms with Gasteiger partial charge in [-0.1, -0.05) is 45.1 Å². The first-order chi connectivity index (χ1) is 11.1. The van der Waals surface area contributed by atoms with Crippen LogP contribution in [0.5, 0.6) is 0 Å². The van der Waals surface area contributed by atoms with Crippen molar-refractivity contribution in [1.82, 2.24) is 15.1 Å². The van der Waals surface area contributed by atoms with Gasteiger partial charge in [-0.25, -0.2) is 0 Å². The lowest BCUT2D eigenvalue weighted by molar-refractivity contribution is -0.129. The fraction of sp³-hybridized carbons (Fsp3) is 0.400. The normalized spacial score (nSPS) is 15.7. The molecule has 3 rings (SSSR count). The number of halogens is 1. The summed E-state index contributed by atoms with van der Waals surface area (Å²) in [6, 6.07) is 7.88. The third-order valence-electron chi connectivity index (χ3n) is 3.53. The van der Waals surface area contributed by atoms with Crippen molar-refractivity contribution in [1.29, 1.82) is 0 Å². The maximum absolute atomic E-state index is 12.3. The minimum atomic E-state index is -0.125. The Morgan fingerprint density at radius 3 is 2.91 bits per heavy atom. The van der Waals surface area contributed by atoms with Gasteiger partial charge in [-0.2, -0.15) is 0 Å². The van der Waals surface area contributed by atoms with E-state index in [1.54, 1.807) is 0 Å². The second-order valence-electron chi connectivity index (χ2n) is 5.30. The topological polar surface area (TPSA) is 58.1 Å². The fourth-order valence-electron chi connectivity index (χ4n) is 2.39. The van der Waals surface area contributed by atoms with Gasteiger partial charge < -0.3 is 10.2 Å². The van der Waals surface area contributed by atoms with Gasteiger partial charge in [0.1, 0.15) is 0 Å². The Hall–Kier alpha value is -1.12. The van der Waals surface area contributed by atoms with E-state index in [1.165, 1.54) is 23.1 Å². The van der Waals surface area contributed by atoms with E-state index in [9.17, 15) is 4.79 Å². The summed E-state index contributed by atoms with van der Waals surface area (Å²) < 4.78 is 1.81. The molecule has 1 aliphatic heterocycles.